The predicted molar refractivity (Wildman–Crippen MR) is 46.5 cm³/mol. The van der Waals surface area contributed by atoms with Gasteiger partial charge in [0.1, 0.15) is 5.76 Å². The van der Waals surface area contributed by atoms with Gasteiger partial charge < -0.3 is 9.26 Å². The second-order valence-corrected chi connectivity index (χ2v) is 3.96. The molecule has 2 aliphatic rings. The normalized spacial score (nSPS) is 31.5. The zero-order chi connectivity index (χ0) is 8.84. The molecule has 0 bridgehead atoms. The number of nitrogens with zero attached hydrogens (tertiary/aromatic N) is 1. The highest BCUT2D eigenvalue weighted by atomic mass is 16.6. The van der Waals surface area contributed by atoms with E-state index < -0.39 is 0 Å². The molecule has 1 aliphatic heterocycles. The number of aryl methyl sites for hydroxylation is 2. The summed E-state index contributed by atoms with van der Waals surface area (Å²) >= 11 is 0. The topological polar surface area (TPSA) is 38.6 Å². The van der Waals surface area contributed by atoms with Crippen LogP contribution in [-0.4, -0.2) is 17.4 Å². The van der Waals surface area contributed by atoms with Crippen molar-refractivity contribution < 1.29 is 9.26 Å². The molecule has 1 aliphatic carbocycles. The summed E-state index contributed by atoms with van der Waals surface area (Å²) in [5, 5.41) is 4.01. The van der Waals surface area contributed by atoms with Crippen LogP contribution in [-0.2, 0) is 17.6 Å². The Morgan fingerprint density at radius 1 is 1.23 bits per heavy atom. The number of hydrogen-bond donors (Lipinski definition) is 0. The Balaban J connectivity index is 1.91. The highest BCUT2D eigenvalue weighted by Crippen LogP contribution is 2.34. The Bertz CT molecular complexity index is 332. The molecule has 1 fully saturated rings. The van der Waals surface area contributed by atoms with E-state index in [0.717, 1.165) is 37.1 Å². The minimum absolute atomic E-state index is 0.513. The Labute approximate surface area is 77.1 Å². The fraction of sp³-hybridized carbons (Fsp3) is 0.700. The fourth-order valence-electron chi connectivity index (χ4n) is 2.20. The molecular formula is C10H13NO2. The van der Waals surface area contributed by atoms with Crippen molar-refractivity contribution in [3.8, 4) is 0 Å². The quantitative estimate of drug-likeness (QED) is 0.568. The maximum atomic E-state index is 5.52. The third-order valence-corrected chi connectivity index (χ3v) is 3.09. The number of fused-ring (bicyclic) bond motifs is 2. The minimum Gasteiger partial charge on any atom is -0.370 e. The molecule has 1 saturated heterocycles. The lowest BCUT2D eigenvalue weighted by Gasteiger charge is -2.03. The molecule has 3 heteroatoms. The van der Waals surface area contributed by atoms with Crippen LogP contribution in [0.15, 0.2) is 4.52 Å². The van der Waals surface area contributed by atoms with Gasteiger partial charge in [-0.3, -0.25) is 0 Å². The van der Waals surface area contributed by atoms with Crippen LogP contribution in [0.25, 0.3) is 0 Å². The van der Waals surface area contributed by atoms with Gasteiger partial charge in [-0.1, -0.05) is 5.16 Å². The summed E-state index contributed by atoms with van der Waals surface area (Å²) in [6.07, 6.45) is 5.36. The molecule has 0 unspecified atom stereocenters. The Hall–Kier alpha value is -0.830. The van der Waals surface area contributed by atoms with E-state index in [-0.39, 0.29) is 0 Å². The molecule has 0 saturated carbocycles. The van der Waals surface area contributed by atoms with Crippen LogP contribution >= 0.6 is 0 Å². The molecule has 0 radical (unpaired) electrons. The van der Waals surface area contributed by atoms with Crippen LogP contribution < -0.4 is 0 Å². The van der Waals surface area contributed by atoms with Crippen LogP contribution in [0, 0.1) is 6.92 Å². The van der Waals surface area contributed by atoms with Crippen molar-refractivity contribution in [1.82, 2.24) is 5.16 Å². The smallest absolute Gasteiger partial charge is 0.140 e. The lowest BCUT2D eigenvalue weighted by molar-refractivity contribution is 0.346. The number of rotatable bonds is 0. The minimum atomic E-state index is 0.513. The fourth-order valence-corrected chi connectivity index (χ4v) is 2.20. The molecule has 0 amide bonds. The van der Waals surface area contributed by atoms with E-state index in [1.165, 1.54) is 5.56 Å². The largest absolute Gasteiger partial charge is 0.370 e. The molecule has 13 heavy (non-hydrogen) atoms. The van der Waals surface area contributed by atoms with Gasteiger partial charge in [0.05, 0.1) is 17.9 Å². The van der Waals surface area contributed by atoms with Gasteiger partial charge in [0, 0.05) is 12.0 Å². The summed E-state index contributed by atoms with van der Waals surface area (Å²) in [5.74, 6) is 1.09. The van der Waals surface area contributed by atoms with E-state index in [9.17, 15) is 0 Å². The highest BCUT2D eigenvalue weighted by molar-refractivity contribution is 5.23. The molecule has 70 valence electrons. The summed E-state index contributed by atoms with van der Waals surface area (Å²) in [4.78, 5) is 0. The standard InChI is InChI=1S/C10H13NO2/c1-6-7-2-3-9-10(12-9)5-4-8(7)13-11-6/h9-10H,2-5H2,1H3/t9-,10+/m0/s1. The van der Waals surface area contributed by atoms with Crippen LogP contribution in [0.5, 0.6) is 0 Å². The summed E-state index contributed by atoms with van der Waals surface area (Å²) in [6.45, 7) is 2.02. The summed E-state index contributed by atoms with van der Waals surface area (Å²) in [5.41, 5.74) is 2.39. The molecule has 1 aromatic rings. The van der Waals surface area contributed by atoms with Crippen LogP contribution in [0.2, 0.25) is 0 Å². The van der Waals surface area contributed by atoms with Crippen LogP contribution in [0.1, 0.15) is 29.9 Å². The number of hydrogen-bond acceptors (Lipinski definition) is 3. The van der Waals surface area contributed by atoms with Crippen molar-refractivity contribution in [2.45, 2.75) is 44.8 Å². The van der Waals surface area contributed by atoms with Crippen molar-refractivity contribution in [3.63, 3.8) is 0 Å². The van der Waals surface area contributed by atoms with Gasteiger partial charge in [-0.15, -0.1) is 0 Å². The van der Waals surface area contributed by atoms with Crippen molar-refractivity contribution in [3.05, 3.63) is 17.0 Å². The number of ether oxygens (including phenoxy) is 1. The molecule has 2 atom stereocenters. The van der Waals surface area contributed by atoms with E-state index >= 15 is 0 Å². The van der Waals surface area contributed by atoms with Gasteiger partial charge in [0.2, 0.25) is 0 Å². The second-order valence-electron chi connectivity index (χ2n) is 3.96. The zero-order valence-corrected chi connectivity index (χ0v) is 7.75. The molecular weight excluding hydrogens is 166 g/mol. The summed E-state index contributed by atoms with van der Waals surface area (Å²) < 4.78 is 10.8. The first-order valence-corrected chi connectivity index (χ1v) is 4.94. The zero-order valence-electron chi connectivity index (χ0n) is 7.75. The van der Waals surface area contributed by atoms with E-state index in [1.54, 1.807) is 0 Å². The summed E-state index contributed by atoms with van der Waals surface area (Å²) in [6, 6.07) is 0. The van der Waals surface area contributed by atoms with Gasteiger partial charge >= 0.3 is 0 Å². The Kier molecular flexibility index (Phi) is 1.50. The molecule has 2 heterocycles. The SMILES string of the molecule is Cc1noc2c1CC[C@@H]1O[C@@H]1CC2. The van der Waals surface area contributed by atoms with Crippen molar-refractivity contribution >= 4 is 0 Å². The molecule has 0 spiro atoms. The third-order valence-electron chi connectivity index (χ3n) is 3.09. The van der Waals surface area contributed by atoms with E-state index in [4.69, 9.17) is 9.26 Å². The highest BCUT2D eigenvalue weighted by Gasteiger charge is 2.39. The lowest BCUT2D eigenvalue weighted by atomic mass is 9.98. The molecule has 3 rings (SSSR count). The monoisotopic (exact) mass is 179 g/mol. The first-order chi connectivity index (χ1) is 6.34. The lowest BCUT2D eigenvalue weighted by Crippen LogP contribution is -2.04. The average Bonchev–Trinajstić information content (AvgIpc) is 2.73. The Morgan fingerprint density at radius 2 is 2.00 bits per heavy atom. The van der Waals surface area contributed by atoms with E-state index in [0.29, 0.717) is 12.2 Å². The number of aromatic nitrogens is 1. The molecule has 0 N–H and O–H groups in total. The molecule has 0 aromatic carbocycles. The van der Waals surface area contributed by atoms with Crippen molar-refractivity contribution in [2.24, 2.45) is 0 Å². The van der Waals surface area contributed by atoms with Gasteiger partial charge in [0.25, 0.3) is 0 Å². The van der Waals surface area contributed by atoms with Crippen molar-refractivity contribution in [2.75, 3.05) is 0 Å². The summed E-state index contributed by atoms with van der Waals surface area (Å²) in [7, 11) is 0. The van der Waals surface area contributed by atoms with Crippen molar-refractivity contribution in [1.29, 1.82) is 0 Å². The van der Waals surface area contributed by atoms with Gasteiger partial charge in [-0.2, -0.15) is 0 Å². The molecule has 3 nitrogen and oxygen atoms in total. The van der Waals surface area contributed by atoms with Gasteiger partial charge in [-0.25, -0.2) is 0 Å². The van der Waals surface area contributed by atoms with E-state index in [1.807, 2.05) is 6.92 Å². The van der Waals surface area contributed by atoms with Crippen LogP contribution in [0.3, 0.4) is 0 Å². The maximum absolute atomic E-state index is 5.52. The molecule has 1 aromatic heterocycles. The predicted octanol–water partition coefficient (Wildman–Crippen LogP) is 1.63. The van der Waals surface area contributed by atoms with Gasteiger partial charge in [-0.05, 0) is 26.2 Å². The maximum Gasteiger partial charge on any atom is 0.140 e. The van der Waals surface area contributed by atoms with E-state index in [2.05, 4.69) is 5.16 Å². The first kappa shape index (κ1) is 7.56. The number of epoxide rings is 1. The Morgan fingerprint density at radius 3 is 2.85 bits per heavy atom. The van der Waals surface area contributed by atoms with Gasteiger partial charge in [0.15, 0.2) is 0 Å². The average molecular weight is 179 g/mol. The second kappa shape index (κ2) is 2.58. The van der Waals surface area contributed by atoms with Crippen LogP contribution in [0.4, 0.5) is 0 Å². The first-order valence-electron chi connectivity index (χ1n) is 4.94. The third kappa shape index (κ3) is 1.18.